The van der Waals surface area contributed by atoms with Gasteiger partial charge in [0.25, 0.3) is 11.7 Å². The van der Waals surface area contributed by atoms with E-state index in [-0.39, 0.29) is 22.5 Å². The van der Waals surface area contributed by atoms with Crippen LogP contribution in [0.2, 0.25) is 10.0 Å². The summed E-state index contributed by atoms with van der Waals surface area (Å²) in [6, 6.07) is 15.4. The number of hydrogen-bond donors (Lipinski definition) is 1. The van der Waals surface area contributed by atoms with Crippen LogP contribution in [0.15, 0.2) is 72.3 Å². The second-order valence-corrected chi connectivity index (χ2v) is 8.82. The van der Waals surface area contributed by atoms with Crippen molar-refractivity contribution in [3.05, 3.63) is 99.3 Å². The van der Waals surface area contributed by atoms with Gasteiger partial charge in [0.1, 0.15) is 17.3 Å². The third-order valence-electron chi connectivity index (χ3n) is 5.31. The van der Waals surface area contributed by atoms with Crippen LogP contribution in [0.25, 0.3) is 5.76 Å². The summed E-state index contributed by atoms with van der Waals surface area (Å²) in [7, 11) is 0. The SMILES string of the molecule is CC(C)Oc1ccc(/C(O)=C2/C(=O)C(=O)N(c3ccc(F)cc3)C2c2ccc(Cl)c(Cl)c2)cc1. The minimum Gasteiger partial charge on any atom is -0.507 e. The van der Waals surface area contributed by atoms with Crippen LogP contribution in [-0.4, -0.2) is 22.9 Å². The number of carbonyl (C=O) groups excluding carboxylic acids is 2. The molecule has 1 saturated heterocycles. The molecule has 3 aromatic carbocycles. The van der Waals surface area contributed by atoms with E-state index in [2.05, 4.69) is 0 Å². The van der Waals surface area contributed by atoms with Crippen LogP contribution in [0.5, 0.6) is 5.75 Å². The molecule has 1 N–H and O–H groups in total. The zero-order valence-corrected chi connectivity index (χ0v) is 19.8. The molecule has 5 nitrogen and oxygen atoms in total. The van der Waals surface area contributed by atoms with Crippen LogP contribution in [0.3, 0.4) is 0 Å². The Bertz CT molecular complexity index is 1290. The Kier molecular flexibility index (Phi) is 6.64. The molecule has 1 atom stereocenters. The first kappa shape index (κ1) is 23.8. The van der Waals surface area contributed by atoms with Crippen LogP contribution in [-0.2, 0) is 9.59 Å². The number of amides is 1. The molecule has 34 heavy (non-hydrogen) atoms. The minimum absolute atomic E-state index is 0.0323. The highest BCUT2D eigenvalue weighted by Gasteiger charge is 2.47. The molecule has 0 aromatic heterocycles. The van der Waals surface area contributed by atoms with Crippen LogP contribution < -0.4 is 9.64 Å². The number of aliphatic hydroxyl groups excluding tert-OH is 1. The fourth-order valence-electron chi connectivity index (χ4n) is 3.82. The number of carbonyl (C=O) groups is 2. The number of aliphatic hydroxyl groups is 1. The number of halogens is 3. The smallest absolute Gasteiger partial charge is 0.300 e. The van der Waals surface area contributed by atoms with E-state index in [4.69, 9.17) is 27.9 Å². The first-order chi connectivity index (χ1) is 16.2. The molecule has 0 saturated carbocycles. The lowest BCUT2D eigenvalue weighted by Gasteiger charge is -2.25. The molecule has 0 spiro atoms. The van der Waals surface area contributed by atoms with Crippen molar-refractivity contribution in [3.63, 3.8) is 0 Å². The average molecular weight is 500 g/mol. The molecule has 1 heterocycles. The van der Waals surface area contributed by atoms with Gasteiger partial charge in [-0.25, -0.2) is 4.39 Å². The van der Waals surface area contributed by atoms with Crippen LogP contribution in [0, 0.1) is 5.82 Å². The molecule has 1 aliphatic rings. The van der Waals surface area contributed by atoms with Crippen molar-refractivity contribution in [2.24, 2.45) is 0 Å². The standard InChI is InChI=1S/C26H20Cl2FNO4/c1-14(2)34-19-10-3-15(4-11-19)24(31)22-23(16-5-12-20(27)21(28)13-16)30(26(33)25(22)32)18-8-6-17(29)7-9-18/h3-14,23,31H,1-2H3/b24-22-. The molecule has 8 heteroatoms. The molecule has 1 unspecified atom stereocenters. The van der Waals surface area contributed by atoms with Crippen molar-refractivity contribution in [2.75, 3.05) is 4.90 Å². The monoisotopic (exact) mass is 499 g/mol. The fourth-order valence-corrected chi connectivity index (χ4v) is 4.12. The molecule has 0 aliphatic carbocycles. The Balaban J connectivity index is 1.88. The van der Waals surface area contributed by atoms with Gasteiger partial charge in [-0.1, -0.05) is 29.3 Å². The lowest BCUT2D eigenvalue weighted by molar-refractivity contribution is -0.132. The molecular weight excluding hydrogens is 480 g/mol. The van der Waals surface area contributed by atoms with E-state index in [1.807, 2.05) is 13.8 Å². The molecule has 3 aromatic rings. The van der Waals surface area contributed by atoms with Gasteiger partial charge in [-0.3, -0.25) is 14.5 Å². The van der Waals surface area contributed by atoms with Crippen molar-refractivity contribution in [1.82, 2.24) is 0 Å². The Morgan fingerprint density at radius 2 is 1.62 bits per heavy atom. The number of anilines is 1. The van der Waals surface area contributed by atoms with E-state index >= 15 is 0 Å². The quantitative estimate of drug-likeness (QED) is 0.245. The second-order valence-electron chi connectivity index (χ2n) is 8.01. The summed E-state index contributed by atoms with van der Waals surface area (Å²) in [5.74, 6) is -1.98. The summed E-state index contributed by atoms with van der Waals surface area (Å²) in [5, 5.41) is 11.7. The zero-order valence-electron chi connectivity index (χ0n) is 18.3. The van der Waals surface area contributed by atoms with Crippen LogP contribution >= 0.6 is 23.2 Å². The normalized spacial score (nSPS) is 17.5. The summed E-state index contributed by atoms with van der Waals surface area (Å²) in [4.78, 5) is 27.5. The average Bonchev–Trinajstić information content (AvgIpc) is 3.06. The maximum atomic E-state index is 13.5. The zero-order chi connectivity index (χ0) is 24.6. The summed E-state index contributed by atoms with van der Waals surface area (Å²) < 4.78 is 19.2. The maximum absolute atomic E-state index is 13.5. The summed E-state index contributed by atoms with van der Waals surface area (Å²) >= 11 is 12.3. The predicted molar refractivity (Wildman–Crippen MR) is 130 cm³/mol. The van der Waals surface area contributed by atoms with Gasteiger partial charge in [-0.05, 0) is 80.1 Å². The molecule has 4 rings (SSSR count). The highest BCUT2D eigenvalue weighted by atomic mass is 35.5. The van der Waals surface area contributed by atoms with Crippen molar-refractivity contribution >= 4 is 46.3 Å². The Hall–Kier alpha value is -3.35. The largest absolute Gasteiger partial charge is 0.507 e. The minimum atomic E-state index is -1.01. The number of ether oxygens (including phenoxy) is 1. The third kappa shape index (κ3) is 4.52. The number of benzene rings is 3. The summed E-state index contributed by atoms with van der Waals surface area (Å²) in [5.41, 5.74) is 0.960. The molecule has 174 valence electrons. The summed E-state index contributed by atoms with van der Waals surface area (Å²) in [6.45, 7) is 3.78. The lowest BCUT2D eigenvalue weighted by Crippen LogP contribution is -2.29. The van der Waals surface area contributed by atoms with E-state index in [0.717, 1.165) is 0 Å². The first-order valence-corrected chi connectivity index (χ1v) is 11.2. The van der Waals surface area contributed by atoms with Crippen molar-refractivity contribution in [1.29, 1.82) is 0 Å². The van der Waals surface area contributed by atoms with E-state index in [0.29, 0.717) is 27.6 Å². The Labute approximate surface area is 206 Å². The number of rotatable bonds is 5. The van der Waals surface area contributed by atoms with E-state index < -0.39 is 23.5 Å². The maximum Gasteiger partial charge on any atom is 0.300 e. The summed E-state index contributed by atoms with van der Waals surface area (Å²) in [6.07, 6.45) is -0.0323. The van der Waals surface area contributed by atoms with Gasteiger partial charge in [-0.15, -0.1) is 0 Å². The van der Waals surface area contributed by atoms with Gasteiger partial charge >= 0.3 is 0 Å². The van der Waals surface area contributed by atoms with Crippen LogP contribution in [0.1, 0.15) is 31.0 Å². The predicted octanol–water partition coefficient (Wildman–Crippen LogP) is 6.55. The third-order valence-corrected chi connectivity index (χ3v) is 6.05. The number of hydrogen-bond acceptors (Lipinski definition) is 4. The molecule has 1 fully saturated rings. The van der Waals surface area contributed by atoms with Gasteiger partial charge in [0.15, 0.2) is 0 Å². The van der Waals surface area contributed by atoms with E-state index in [1.54, 1.807) is 36.4 Å². The highest BCUT2D eigenvalue weighted by molar-refractivity contribution is 6.51. The number of Topliss-reactive ketones (excluding diaryl/α,β-unsaturated/α-hetero) is 1. The van der Waals surface area contributed by atoms with E-state index in [1.165, 1.54) is 35.2 Å². The van der Waals surface area contributed by atoms with Gasteiger partial charge in [0.2, 0.25) is 0 Å². The molecule has 1 aliphatic heterocycles. The molecule has 0 radical (unpaired) electrons. The lowest BCUT2D eigenvalue weighted by atomic mass is 9.95. The van der Waals surface area contributed by atoms with Gasteiger partial charge in [-0.2, -0.15) is 0 Å². The Morgan fingerprint density at radius 3 is 2.21 bits per heavy atom. The number of nitrogens with zero attached hydrogens (tertiary/aromatic N) is 1. The molecule has 1 amide bonds. The van der Waals surface area contributed by atoms with Gasteiger partial charge < -0.3 is 9.84 Å². The topological polar surface area (TPSA) is 66.8 Å². The number of ketones is 1. The van der Waals surface area contributed by atoms with Crippen molar-refractivity contribution < 1.29 is 23.8 Å². The van der Waals surface area contributed by atoms with Crippen LogP contribution in [0.4, 0.5) is 10.1 Å². The van der Waals surface area contributed by atoms with Crippen molar-refractivity contribution in [3.8, 4) is 5.75 Å². The van der Waals surface area contributed by atoms with Gasteiger partial charge in [0, 0.05) is 11.3 Å². The fraction of sp³-hybridized carbons (Fsp3) is 0.154. The first-order valence-electron chi connectivity index (χ1n) is 10.5. The van der Waals surface area contributed by atoms with Gasteiger partial charge in [0.05, 0.1) is 27.8 Å². The highest BCUT2D eigenvalue weighted by Crippen LogP contribution is 2.43. The van der Waals surface area contributed by atoms with E-state index in [9.17, 15) is 19.1 Å². The Morgan fingerprint density at radius 1 is 0.971 bits per heavy atom. The molecule has 0 bridgehead atoms. The second kappa shape index (κ2) is 9.49. The van der Waals surface area contributed by atoms with Crippen molar-refractivity contribution in [2.45, 2.75) is 26.0 Å². The molecular formula is C26H20Cl2FNO4.